The van der Waals surface area contributed by atoms with Crippen LogP contribution < -0.4 is 15.6 Å². The topological polar surface area (TPSA) is 82.4 Å². The van der Waals surface area contributed by atoms with E-state index in [9.17, 15) is 9.59 Å². The Bertz CT molecular complexity index is 1130. The summed E-state index contributed by atoms with van der Waals surface area (Å²) in [7, 11) is 1.52. The molecule has 2 aromatic heterocycles. The molecule has 0 unspecified atom stereocenters. The number of nitrogens with one attached hydrogen (secondary N) is 1. The van der Waals surface area contributed by atoms with Gasteiger partial charge in [0, 0.05) is 11.6 Å². The van der Waals surface area contributed by atoms with Crippen molar-refractivity contribution < 1.29 is 14.3 Å². The normalized spacial score (nSPS) is 16.3. The first-order valence-electron chi connectivity index (χ1n) is 9.23. The molecule has 29 heavy (non-hydrogen) atoms. The van der Waals surface area contributed by atoms with Gasteiger partial charge in [0.2, 0.25) is 0 Å². The molecule has 1 fully saturated rings. The van der Waals surface area contributed by atoms with Gasteiger partial charge in [-0.2, -0.15) is 0 Å². The fourth-order valence-electron chi connectivity index (χ4n) is 3.47. The smallest absolute Gasteiger partial charge is 0.266 e. The number of rotatable bonds is 5. The third-order valence-corrected chi connectivity index (χ3v) is 6.39. The Hall–Kier alpha value is -2.42. The number of methoxy groups -OCH3 is 1. The Kier molecular flexibility index (Phi) is 5.58. The highest BCUT2D eigenvalue weighted by molar-refractivity contribution is 7.20. The van der Waals surface area contributed by atoms with Crippen LogP contribution in [0.5, 0.6) is 5.75 Å². The molecule has 1 N–H and O–H groups in total. The van der Waals surface area contributed by atoms with Gasteiger partial charge in [-0.15, -0.1) is 11.3 Å². The summed E-state index contributed by atoms with van der Waals surface area (Å²) in [4.78, 5) is 31.3. The average molecular weight is 434 g/mol. The Morgan fingerprint density at radius 1 is 1.48 bits per heavy atom. The van der Waals surface area contributed by atoms with Crippen molar-refractivity contribution in [3.05, 3.63) is 50.3 Å². The van der Waals surface area contributed by atoms with Crippen molar-refractivity contribution >= 4 is 44.7 Å². The molecule has 7 nitrogen and oxygen atoms in total. The van der Waals surface area contributed by atoms with Gasteiger partial charge < -0.3 is 14.8 Å². The summed E-state index contributed by atoms with van der Waals surface area (Å²) in [6.45, 7) is 2.96. The summed E-state index contributed by atoms with van der Waals surface area (Å²) >= 11 is 7.23. The first-order valence-corrected chi connectivity index (χ1v) is 10.4. The van der Waals surface area contributed by atoms with Crippen LogP contribution >= 0.6 is 22.9 Å². The van der Waals surface area contributed by atoms with Crippen molar-refractivity contribution in [1.82, 2.24) is 9.55 Å². The Balaban J connectivity index is 1.67. The fourth-order valence-corrected chi connectivity index (χ4v) is 4.68. The van der Waals surface area contributed by atoms with E-state index in [-0.39, 0.29) is 17.6 Å². The minimum Gasteiger partial charge on any atom is -0.495 e. The van der Waals surface area contributed by atoms with Gasteiger partial charge in [-0.25, -0.2) is 4.98 Å². The number of halogens is 1. The number of aryl methyl sites for hydroxylation is 1. The number of fused-ring (bicyclic) bond motifs is 1. The summed E-state index contributed by atoms with van der Waals surface area (Å²) in [5, 5.41) is 3.77. The zero-order valence-corrected chi connectivity index (χ0v) is 17.6. The van der Waals surface area contributed by atoms with Gasteiger partial charge in [-0.1, -0.05) is 11.6 Å². The van der Waals surface area contributed by atoms with Gasteiger partial charge >= 0.3 is 0 Å². The van der Waals surface area contributed by atoms with E-state index in [1.165, 1.54) is 24.8 Å². The maximum Gasteiger partial charge on any atom is 0.266 e. The van der Waals surface area contributed by atoms with Crippen LogP contribution in [0.15, 0.2) is 29.3 Å². The summed E-state index contributed by atoms with van der Waals surface area (Å²) < 4.78 is 12.5. The number of amides is 1. The lowest BCUT2D eigenvalue weighted by Crippen LogP contribution is -2.26. The predicted molar refractivity (Wildman–Crippen MR) is 114 cm³/mol. The van der Waals surface area contributed by atoms with E-state index in [1.54, 1.807) is 29.7 Å². The lowest BCUT2D eigenvalue weighted by atomic mass is 10.2. The molecule has 0 spiro atoms. The van der Waals surface area contributed by atoms with Gasteiger partial charge in [0.25, 0.3) is 11.5 Å². The Labute approximate surface area is 176 Å². The van der Waals surface area contributed by atoms with Crippen LogP contribution in [0.1, 0.15) is 28.1 Å². The quantitative estimate of drug-likeness (QED) is 0.660. The number of aromatic nitrogens is 2. The summed E-state index contributed by atoms with van der Waals surface area (Å²) in [6, 6.07) is 4.98. The average Bonchev–Trinajstić information content (AvgIpc) is 3.32. The van der Waals surface area contributed by atoms with E-state index >= 15 is 0 Å². The molecule has 0 bridgehead atoms. The molecular formula is C20H20ClN3O4S. The zero-order chi connectivity index (χ0) is 20.5. The molecular weight excluding hydrogens is 414 g/mol. The molecule has 1 atom stereocenters. The van der Waals surface area contributed by atoms with Gasteiger partial charge in [0.1, 0.15) is 10.6 Å². The summed E-state index contributed by atoms with van der Waals surface area (Å²) in [5.41, 5.74) is 0.923. The predicted octanol–water partition coefficient (Wildman–Crippen LogP) is 3.86. The van der Waals surface area contributed by atoms with Crippen molar-refractivity contribution in [3.63, 3.8) is 0 Å². The third-order valence-electron chi connectivity index (χ3n) is 4.96. The second-order valence-electron chi connectivity index (χ2n) is 6.87. The van der Waals surface area contributed by atoms with Crippen molar-refractivity contribution in [2.75, 3.05) is 19.0 Å². The van der Waals surface area contributed by atoms with Crippen LogP contribution in [0.2, 0.25) is 5.02 Å². The van der Waals surface area contributed by atoms with E-state index in [2.05, 4.69) is 10.3 Å². The monoisotopic (exact) mass is 433 g/mol. The second-order valence-corrected chi connectivity index (χ2v) is 8.31. The van der Waals surface area contributed by atoms with Crippen LogP contribution in [0.25, 0.3) is 10.2 Å². The van der Waals surface area contributed by atoms with Gasteiger partial charge in [0.05, 0.1) is 42.0 Å². The maximum atomic E-state index is 13.0. The lowest BCUT2D eigenvalue weighted by Gasteiger charge is -2.11. The largest absolute Gasteiger partial charge is 0.495 e. The SMILES string of the molecule is COc1ccc(Cl)cc1NC(=O)c1sc2ncn(C[C@H]3CCCO3)c(=O)c2c1C. The first-order chi connectivity index (χ1) is 14.0. The molecule has 0 aliphatic carbocycles. The summed E-state index contributed by atoms with van der Waals surface area (Å²) in [6.07, 6.45) is 3.50. The number of carbonyl (C=O) groups is 1. The van der Waals surface area contributed by atoms with Gasteiger partial charge in [0.15, 0.2) is 0 Å². The van der Waals surface area contributed by atoms with E-state index in [0.717, 1.165) is 19.4 Å². The van der Waals surface area contributed by atoms with Crippen molar-refractivity contribution in [3.8, 4) is 5.75 Å². The molecule has 4 rings (SSSR count). The molecule has 1 aliphatic heterocycles. The number of hydrogen-bond acceptors (Lipinski definition) is 6. The highest BCUT2D eigenvalue weighted by Crippen LogP contribution is 2.31. The van der Waals surface area contributed by atoms with Crippen LogP contribution in [0.4, 0.5) is 5.69 Å². The van der Waals surface area contributed by atoms with E-state index < -0.39 is 0 Å². The third kappa shape index (κ3) is 3.88. The van der Waals surface area contributed by atoms with Gasteiger partial charge in [-0.05, 0) is 43.5 Å². The molecule has 9 heteroatoms. The van der Waals surface area contributed by atoms with E-state index in [4.69, 9.17) is 21.1 Å². The number of carbonyl (C=O) groups excluding carboxylic acids is 1. The van der Waals surface area contributed by atoms with E-state index in [1.807, 2.05) is 0 Å². The fraction of sp³-hybridized carbons (Fsp3) is 0.350. The molecule has 3 heterocycles. The molecule has 1 aromatic carbocycles. The number of ether oxygens (including phenoxy) is 2. The Morgan fingerprint density at radius 2 is 2.31 bits per heavy atom. The van der Waals surface area contributed by atoms with Crippen LogP contribution in [0.3, 0.4) is 0 Å². The first kappa shape index (κ1) is 19.9. The molecule has 1 saturated heterocycles. The summed E-state index contributed by atoms with van der Waals surface area (Å²) in [5.74, 6) is 0.162. The molecule has 3 aromatic rings. The molecule has 1 aliphatic rings. The minimum atomic E-state index is -0.337. The molecule has 0 saturated carbocycles. The van der Waals surface area contributed by atoms with Crippen molar-refractivity contribution in [1.29, 1.82) is 0 Å². The van der Waals surface area contributed by atoms with Crippen LogP contribution in [0, 0.1) is 6.92 Å². The number of anilines is 1. The number of hydrogen-bond donors (Lipinski definition) is 1. The molecule has 0 radical (unpaired) electrons. The molecule has 1 amide bonds. The maximum absolute atomic E-state index is 13.0. The minimum absolute atomic E-state index is 0.0314. The second kappa shape index (κ2) is 8.14. The lowest BCUT2D eigenvalue weighted by molar-refractivity contribution is 0.0960. The Morgan fingerprint density at radius 3 is 3.03 bits per heavy atom. The highest BCUT2D eigenvalue weighted by Gasteiger charge is 2.22. The number of thiophene rings is 1. The van der Waals surface area contributed by atoms with Crippen molar-refractivity contribution in [2.24, 2.45) is 0 Å². The number of nitrogens with zero attached hydrogens (tertiary/aromatic N) is 2. The van der Waals surface area contributed by atoms with Crippen molar-refractivity contribution in [2.45, 2.75) is 32.4 Å². The van der Waals surface area contributed by atoms with Crippen LogP contribution in [-0.4, -0.2) is 35.3 Å². The van der Waals surface area contributed by atoms with E-state index in [0.29, 0.717) is 43.7 Å². The standard InChI is InChI=1S/C20H20ClN3O4S/c1-11-16-19(22-10-24(20(16)26)9-13-4-3-7-28-13)29-17(11)18(25)23-14-8-12(21)5-6-15(14)27-2/h5-6,8,10,13H,3-4,7,9H2,1-2H3,(H,23,25)/t13-/m1/s1. The highest BCUT2D eigenvalue weighted by atomic mass is 35.5. The van der Waals surface area contributed by atoms with Crippen LogP contribution in [-0.2, 0) is 11.3 Å². The zero-order valence-electron chi connectivity index (χ0n) is 16.0. The van der Waals surface area contributed by atoms with Gasteiger partial charge in [-0.3, -0.25) is 14.2 Å². The number of benzene rings is 1. The molecule has 152 valence electrons.